The van der Waals surface area contributed by atoms with Crippen molar-refractivity contribution in [2.75, 3.05) is 5.32 Å². The molecular formula is C25H22N4O3S. The Bertz CT molecular complexity index is 1410. The highest BCUT2D eigenvalue weighted by molar-refractivity contribution is 7.89. The molecule has 0 aliphatic heterocycles. The molecule has 2 heterocycles. The number of sulfonamides is 1. The first kappa shape index (κ1) is 21.2. The fourth-order valence-corrected chi connectivity index (χ4v) is 4.93. The van der Waals surface area contributed by atoms with E-state index < -0.39 is 10.0 Å². The number of anilines is 1. The van der Waals surface area contributed by atoms with Crippen molar-refractivity contribution in [1.82, 2.24) is 14.7 Å². The van der Waals surface area contributed by atoms with E-state index in [0.29, 0.717) is 0 Å². The van der Waals surface area contributed by atoms with Gasteiger partial charge in [-0.2, -0.15) is 0 Å². The van der Waals surface area contributed by atoms with E-state index >= 15 is 0 Å². The van der Waals surface area contributed by atoms with Gasteiger partial charge in [-0.25, -0.2) is 13.1 Å². The van der Waals surface area contributed by atoms with Crippen molar-refractivity contribution in [3.63, 3.8) is 0 Å². The average Bonchev–Trinajstić information content (AvgIpc) is 3.65. The summed E-state index contributed by atoms with van der Waals surface area (Å²) in [6.45, 7) is 0.175. The lowest BCUT2D eigenvalue weighted by Crippen LogP contribution is -2.23. The standard InChI is InChI=1S/C25H22N4O3S/c30-25(29-21-6-3-20-16-27-11-9-19(20)12-21)24-13-23(24)18-4-7-22(8-5-18)33(31,32)28-15-17-2-1-10-26-14-17/h1-12,14,16,23-24,28H,13,15H2,(H,29,30)/t23-,24+/m0/s1. The van der Waals surface area contributed by atoms with Crippen molar-refractivity contribution >= 4 is 32.4 Å². The Balaban J connectivity index is 1.20. The average molecular weight is 459 g/mol. The van der Waals surface area contributed by atoms with Crippen LogP contribution in [0.15, 0.2) is 90.3 Å². The summed E-state index contributed by atoms with van der Waals surface area (Å²) in [4.78, 5) is 21.0. The molecule has 1 saturated carbocycles. The van der Waals surface area contributed by atoms with Gasteiger partial charge in [-0.15, -0.1) is 0 Å². The second kappa shape index (κ2) is 8.73. The van der Waals surface area contributed by atoms with Gasteiger partial charge >= 0.3 is 0 Å². The van der Waals surface area contributed by atoms with Crippen LogP contribution in [0.25, 0.3) is 10.8 Å². The molecule has 2 aromatic carbocycles. The fraction of sp³-hybridized carbons (Fsp3) is 0.160. The van der Waals surface area contributed by atoms with Gasteiger partial charge in [0.25, 0.3) is 0 Å². The molecule has 2 N–H and O–H groups in total. The summed E-state index contributed by atoms with van der Waals surface area (Å²) < 4.78 is 27.7. The monoisotopic (exact) mass is 458 g/mol. The zero-order valence-corrected chi connectivity index (χ0v) is 18.5. The van der Waals surface area contributed by atoms with Gasteiger partial charge in [0.1, 0.15) is 0 Å². The lowest BCUT2D eigenvalue weighted by molar-refractivity contribution is -0.117. The Kier molecular flexibility index (Phi) is 5.62. The van der Waals surface area contributed by atoms with Crippen LogP contribution >= 0.6 is 0 Å². The van der Waals surface area contributed by atoms with Crippen molar-refractivity contribution in [3.8, 4) is 0 Å². The van der Waals surface area contributed by atoms with E-state index in [9.17, 15) is 13.2 Å². The predicted molar refractivity (Wildman–Crippen MR) is 126 cm³/mol. The molecule has 0 saturated heterocycles. The van der Waals surface area contributed by atoms with Gasteiger partial charge in [0.15, 0.2) is 0 Å². The Labute approximate surface area is 192 Å². The van der Waals surface area contributed by atoms with E-state index in [1.54, 1.807) is 55.1 Å². The molecule has 2 aromatic heterocycles. The quantitative estimate of drug-likeness (QED) is 0.438. The molecule has 166 valence electrons. The molecule has 0 unspecified atom stereocenters. The number of hydrogen-bond donors (Lipinski definition) is 2. The van der Waals surface area contributed by atoms with E-state index in [1.807, 2.05) is 30.3 Å². The number of rotatable bonds is 7. The van der Waals surface area contributed by atoms with Gasteiger partial charge in [-0.05, 0) is 65.3 Å². The first-order valence-electron chi connectivity index (χ1n) is 10.6. The van der Waals surface area contributed by atoms with E-state index in [2.05, 4.69) is 20.0 Å². The minimum Gasteiger partial charge on any atom is -0.326 e. The van der Waals surface area contributed by atoms with Crippen LogP contribution in [0.1, 0.15) is 23.5 Å². The number of amides is 1. The summed E-state index contributed by atoms with van der Waals surface area (Å²) in [6.07, 6.45) is 7.52. The molecule has 0 spiro atoms. The molecule has 0 radical (unpaired) electrons. The smallest absolute Gasteiger partial charge is 0.240 e. The largest absolute Gasteiger partial charge is 0.326 e. The number of pyridine rings is 2. The lowest BCUT2D eigenvalue weighted by Gasteiger charge is -2.08. The maximum absolute atomic E-state index is 12.7. The molecule has 1 fully saturated rings. The molecule has 7 nitrogen and oxygen atoms in total. The van der Waals surface area contributed by atoms with Crippen LogP contribution in [0, 0.1) is 5.92 Å². The number of carbonyl (C=O) groups is 1. The van der Waals surface area contributed by atoms with Gasteiger partial charge in [-0.3, -0.25) is 14.8 Å². The molecule has 1 aliphatic rings. The molecule has 1 amide bonds. The summed E-state index contributed by atoms with van der Waals surface area (Å²) in [5.74, 6) is -0.0534. The number of benzene rings is 2. The van der Waals surface area contributed by atoms with Crippen molar-refractivity contribution < 1.29 is 13.2 Å². The van der Waals surface area contributed by atoms with Crippen LogP contribution in [0.5, 0.6) is 0 Å². The van der Waals surface area contributed by atoms with Gasteiger partial charge in [-0.1, -0.05) is 24.3 Å². The molecule has 0 bridgehead atoms. The van der Waals surface area contributed by atoms with Crippen molar-refractivity contribution in [1.29, 1.82) is 0 Å². The minimum absolute atomic E-state index is 0.0248. The molecule has 5 rings (SSSR count). The Hall–Kier alpha value is -3.62. The summed E-state index contributed by atoms with van der Waals surface area (Å²) in [6, 6.07) is 18.0. The fourth-order valence-electron chi connectivity index (χ4n) is 3.91. The van der Waals surface area contributed by atoms with Crippen LogP contribution < -0.4 is 10.0 Å². The summed E-state index contributed by atoms with van der Waals surface area (Å²) in [5.41, 5.74) is 2.50. The zero-order valence-electron chi connectivity index (χ0n) is 17.7. The highest BCUT2D eigenvalue weighted by atomic mass is 32.2. The van der Waals surface area contributed by atoms with Gasteiger partial charge in [0, 0.05) is 48.3 Å². The Morgan fingerprint density at radius 2 is 1.76 bits per heavy atom. The Morgan fingerprint density at radius 1 is 0.939 bits per heavy atom. The third-order valence-electron chi connectivity index (χ3n) is 5.84. The molecule has 2 atom stereocenters. The number of carbonyl (C=O) groups excluding carboxylic acids is 1. The minimum atomic E-state index is -3.63. The highest BCUT2D eigenvalue weighted by Crippen LogP contribution is 2.48. The number of nitrogens with zero attached hydrogens (tertiary/aromatic N) is 2. The summed E-state index contributed by atoms with van der Waals surface area (Å²) in [7, 11) is -3.63. The number of nitrogens with one attached hydrogen (secondary N) is 2. The zero-order chi connectivity index (χ0) is 22.8. The van der Waals surface area contributed by atoms with Crippen molar-refractivity contribution in [2.24, 2.45) is 5.92 Å². The molecular weight excluding hydrogens is 436 g/mol. The van der Waals surface area contributed by atoms with E-state index in [0.717, 1.165) is 34.0 Å². The number of hydrogen-bond acceptors (Lipinski definition) is 5. The molecule has 4 aromatic rings. The normalized spacial score (nSPS) is 17.6. The maximum atomic E-state index is 12.7. The second-order valence-corrected chi connectivity index (χ2v) is 9.90. The first-order valence-corrected chi connectivity index (χ1v) is 12.1. The molecule has 33 heavy (non-hydrogen) atoms. The molecule has 8 heteroatoms. The van der Waals surface area contributed by atoms with Crippen LogP contribution in [0.4, 0.5) is 5.69 Å². The van der Waals surface area contributed by atoms with Crippen LogP contribution in [-0.4, -0.2) is 24.3 Å². The van der Waals surface area contributed by atoms with E-state index in [4.69, 9.17) is 0 Å². The van der Waals surface area contributed by atoms with Crippen molar-refractivity contribution in [3.05, 3.63) is 96.6 Å². The highest BCUT2D eigenvalue weighted by Gasteiger charge is 2.44. The molecule has 1 aliphatic carbocycles. The predicted octanol–water partition coefficient (Wildman–Crippen LogP) is 3.85. The lowest BCUT2D eigenvalue weighted by atomic mass is 10.1. The van der Waals surface area contributed by atoms with Gasteiger partial charge in [0.05, 0.1) is 4.90 Å². The second-order valence-electron chi connectivity index (χ2n) is 8.13. The van der Waals surface area contributed by atoms with E-state index in [1.165, 1.54) is 0 Å². The van der Waals surface area contributed by atoms with Gasteiger partial charge < -0.3 is 5.32 Å². The summed E-state index contributed by atoms with van der Waals surface area (Å²) in [5, 5.41) is 5.03. The van der Waals surface area contributed by atoms with E-state index in [-0.39, 0.29) is 29.2 Å². The number of aromatic nitrogens is 2. The van der Waals surface area contributed by atoms with Crippen LogP contribution in [-0.2, 0) is 21.4 Å². The third-order valence-corrected chi connectivity index (χ3v) is 7.26. The maximum Gasteiger partial charge on any atom is 0.240 e. The topological polar surface area (TPSA) is 101 Å². The van der Waals surface area contributed by atoms with Crippen LogP contribution in [0.3, 0.4) is 0 Å². The number of fused-ring (bicyclic) bond motifs is 1. The van der Waals surface area contributed by atoms with Crippen molar-refractivity contribution in [2.45, 2.75) is 23.8 Å². The summed E-state index contributed by atoms with van der Waals surface area (Å²) >= 11 is 0. The first-order chi connectivity index (χ1) is 16.0. The van der Waals surface area contributed by atoms with Gasteiger partial charge in [0.2, 0.25) is 15.9 Å². The SMILES string of the molecule is O=C(Nc1ccc2cnccc2c1)[C@@H]1C[C@H]1c1ccc(S(=O)(=O)NCc2cccnc2)cc1. The van der Waals surface area contributed by atoms with Crippen LogP contribution in [0.2, 0.25) is 0 Å². The third kappa shape index (κ3) is 4.76. The Morgan fingerprint density at radius 3 is 2.55 bits per heavy atom.